The molecule has 0 fully saturated rings. The van der Waals surface area contributed by atoms with Crippen LogP contribution in [0.5, 0.6) is 0 Å². The number of nitrogens with zero attached hydrogens (tertiary/aromatic N) is 1. The van der Waals surface area contributed by atoms with Gasteiger partial charge in [0, 0.05) is 5.39 Å². The largest absolute Gasteiger partial charge is 0.453 e. The molecule has 0 aliphatic heterocycles. The number of hydrogen-bond donors (Lipinski definition) is 1. The molecule has 18 heavy (non-hydrogen) atoms. The average Bonchev–Trinajstić information content (AvgIpc) is 2.84. The summed E-state index contributed by atoms with van der Waals surface area (Å²) in [4.78, 5) is 4.33. The van der Waals surface area contributed by atoms with Crippen LogP contribution in [0.1, 0.15) is 5.76 Å². The van der Waals surface area contributed by atoms with Gasteiger partial charge in [0.25, 0.3) is 0 Å². The maximum Gasteiger partial charge on any atom is 0.170 e. The molecule has 0 spiro atoms. The molecule has 0 bridgehead atoms. The van der Waals surface area contributed by atoms with Gasteiger partial charge in [0.15, 0.2) is 11.6 Å². The summed E-state index contributed by atoms with van der Waals surface area (Å²) in [5, 5.41) is 1.03. The van der Waals surface area contributed by atoms with Crippen LogP contribution < -0.4 is 5.73 Å². The highest BCUT2D eigenvalue weighted by Gasteiger charge is 2.06. The molecule has 1 heterocycles. The maximum atomic E-state index is 5.95. The minimum Gasteiger partial charge on any atom is -0.453 e. The Bertz CT molecular complexity index is 666. The predicted octanol–water partition coefficient (Wildman–Crippen LogP) is 3.47. The topological polar surface area (TPSA) is 51.5 Å². The lowest BCUT2D eigenvalue weighted by Crippen LogP contribution is -2.11. The first-order valence-electron chi connectivity index (χ1n) is 5.71. The number of hydrogen-bond acceptors (Lipinski definition) is 2. The zero-order valence-corrected chi connectivity index (χ0v) is 9.71. The summed E-state index contributed by atoms with van der Waals surface area (Å²) in [7, 11) is 0. The van der Waals surface area contributed by atoms with Crippen LogP contribution in [0, 0.1) is 0 Å². The van der Waals surface area contributed by atoms with Gasteiger partial charge < -0.3 is 10.2 Å². The molecule has 0 aliphatic rings. The Morgan fingerprint density at radius 3 is 2.44 bits per heavy atom. The molecule has 0 radical (unpaired) electrons. The molecule has 3 rings (SSSR count). The van der Waals surface area contributed by atoms with E-state index >= 15 is 0 Å². The van der Waals surface area contributed by atoms with E-state index < -0.39 is 0 Å². The van der Waals surface area contributed by atoms with Gasteiger partial charge in [-0.15, -0.1) is 0 Å². The first-order valence-corrected chi connectivity index (χ1v) is 5.71. The lowest BCUT2D eigenvalue weighted by Gasteiger charge is -1.96. The van der Waals surface area contributed by atoms with Crippen LogP contribution in [0.4, 0.5) is 5.69 Å². The minimum atomic E-state index is 0.386. The van der Waals surface area contributed by atoms with Crippen LogP contribution >= 0.6 is 0 Å². The third-order valence-corrected chi connectivity index (χ3v) is 2.68. The van der Waals surface area contributed by atoms with Crippen molar-refractivity contribution in [2.75, 3.05) is 0 Å². The zero-order valence-electron chi connectivity index (χ0n) is 9.71. The van der Waals surface area contributed by atoms with Crippen molar-refractivity contribution in [1.29, 1.82) is 0 Å². The fraction of sp³-hybridized carbons (Fsp3) is 0. The van der Waals surface area contributed by atoms with Gasteiger partial charge in [-0.25, -0.2) is 4.99 Å². The number of para-hydroxylation sites is 2. The van der Waals surface area contributed by atoms with Gasteiger partial charge in [-0.05, 0) is 24.3 Å². The SMILES string of the molecule is NC(=Nc1ccccc1)c1cc2ccccc2o1. The second-order valence-electron chi connectivity index (χ2n) is 3.98. The monoisotopic (exact) mass is 236 g/mol. The summed E-state index contributed by atoms with van der Waals surface area (Å²) in [5.41, 5.74) is 7.58. The first kappa shape index (κ1) is 10.6. The number of nitrogens with two attached hydrogens (primary N) is 1. The molecule has 0 saturated carbocycles. The summed E-state index contributed by atoms with van der Waals surface area (Å²) in [6.45, 7) is 0. The summed E-state index contributed by atoms with van der Waals surface area (Å²) in [6, 6.07) is 19.3. The molecule has 0 saturated heterocycles. The summed E-state index contributed by atoms with van der Waals surface area (Å²) < 4.78 is 5.65. The van der Waals surface area contributed by atoms with Crippen LogP contribution in [0.25, 0.3) is 11.0 Å². The Morgan fingerprint density at radius 2 is 1.67 bits per heavy atom. The van der Waals surface area contributed by atoms with E-state index in [1.54, 1.807) is 0 Å². The van der Waals surface area contributed by atoms with Crippen LogP contribution in [0.2, 0.25) is 0 Å². The van der Waals surface area contributed by atoms with Crippen molar-refractivity contribution in [3.05, 3.63) is 66.4 Å². The van der Waals surface area contributed by atoms with E-state index in [9.17, 15) is 0 Å². The molecule has 3 heteroatoms. The Labute approximate surface area is 105 Å². The molecule has 0 unspecified atom stereocenters. The second kappa shape index (κ2) is 4.37. The van der Waals surface area contributed by atoms with E-state index in [1.807, 2.05) is 60.7 Å². The van der Waals surface area contributed by atoms with Gasteiger partial charge in [0.1, 0.15) is 5.58 Å². The molecule has 3 aromatic rings. The third kappa shape index (κ3) is 1.98. The van der Waals surface area contributed by atoms with Crippen molar-refractivity contribution in [2.45, 2.75) is 0 Å². The summed E-state index contributed by atoms with van der Waals surface area (Å²) in [5.74, 6) is 0.984. The number of aliphatic imine (C=N–C) groups is 1. The fourth-order valence-corrected chi connectivity index (χ4v) is 1.80. The van der Waals surface area contributed by atoms with Gasteiger partial charge >= 0.3 is 0 Å². The van der Waals surface area contributed by atoms with Gasteiger partial charge in [-0.3, -0.25) is 0 Å². The van der Waals surface area contributed by atoms with E-state index in [2.05, 4.69) is 4.99 Å². The lowest BCUT2D eigenvalue weighted by atomic mass is 10.2. The molecule has 0 amide bonds. The molecule has 0 aliphatic carbocycles. The first-order chi connectivity index (χ1) is 8.83. The van der Waals surface area contributed by atoms with Crippen molar-refractivity contribution in [1.82, 2.24) is 0 Å². The smallest absolute Gasteiger partial charge is 0.170 e. The van der Waals surface area contributed by atoms with Gasteiger partial charge in [-0.1, -0.05) is 36.4 Å². The quantitative estimate of drug-likeness (QED) is 0.547. The number of rotatable bonds is 2. The van der Waals surface area contributed by atoms with Crippen LogP contribution in [-0.2, 0) is 0 Å². The van der Waals surface area contributed by atoms with Gasteiger partial charge in [0.05, 0.1) is 5.69 Å². The standard InChI is InChI=1S/C15H12N2O/c16-15(17-12-7-2-1-3-8-12)14-10-11-6-4-5-9-13(11)18-14/h1-10H,(H2,16,17). The highest BCUT2D eigenvalue weighted by atomic mass is 16.3. The molecule has 0 atom stereocenters. The second-order valence-corrected chi connectivity index (χ2v) is 3.98. The van der Waals surface area contributed by atoms with E-state index in [1.165, 1.54) is 0 Å². The van der Waals surface area contributed by atoms with Crippen molar-refractivity contribution >= 4 is 22.5 Å². The molecule has 2 N–H and O–H groups in total. The fourth-order valence-electron chi connectivity index (χ4n) is 1.80. The Kier molecular flexibility index (Phi) is 2.57. The van der Waals surface area contributed by atoms with Crippen molar-refractivity contribution < 1.29 is 4.42 Å². The number of furan rings is 1. The van der Waals surface area contributed by atoms with E-state index in [0.717, 1.165) is 16.7 Å². The number of benzene rings is 2. The Hall–Kier alpha value is -2.55. The van der Waals surface area contributed by atoms with E-state index in [-0.39, 0.29) is 0 Å². The van der Waals surface area contributed by atoms with Crippen molar-refractivity contribution in [3.63, 3.8) is 0 Å². The maximum absolute atomic E-state index is 5.95. The van der Waals surface area contributed by atoms with Crippen molar-refractivity contribution in [2.24, 2.45) is 10.7 Å². The average molecular weight is 236 g/mol. The minimum absolute atomic E-state index is 0.386. The lowest BCUT2D eigenvalue weighted by molar-refractivity contribution is 0.604. The normalized spacial score (nSPS) is 11.9. The molecule has 2 aromatic carbocycles. The highest BCUT2D eigenvalue weighted by molar-refractivity contribution is 5.99. The molecule has 3 nitrogen and oxygen atoms in total. The van der Waals surface area contributed by atoms with E-state index in [0.29, 0.717) is 11.6 Å². The molecule has 1 aromatic heterocycles. The third-order valence-electron chi connectivity index (χ3n) is 2.68. The number of fused-ring (bicyclic) bond motifs is 1. The summed E-state index contributed by atoms with van der Waals surface area (Å²) >= 11 is 0. The van der Waals surface area contributed by atoms with Gasteiger partial charge in [-0.2, -0.15) is 0 Å². The van der Waals surface area contributed by atoms with E-state index in [4.69, 9.17) is 10.2 Å². The van der Waals surface area contributed by atoms with Crippen LogP contribution in [-0.4, -0.2) is 5.84 Å². The molecular weight excluding hydrogens is 224 g/mol. The number of amidine groups is 1. The van der Waals surface area contributed by atoms with Gasteiger partial charge in [0.2, 0.25) is 0 Å². The van der Waals surface area contributed by atoms with Crippen LogP contribution in [0.3, 0.4) is 0 Å². The highest BCUT2D eigenvalue weighted by Crippen LogP contribution is 2.19. The Morgan fingerprint density at radius 1 is 0.944 bits per heavy atom. The molecule has 88 valence electrons. The van der Waals surface area contributed by atoms with Crippen molar-refractivity contribution in [3.8, 4) is 0 Å². The predicted molar refractivity (Wildman–Crippen MR) is 73.0 cm³/mol. The zero-order chi connectivity index (χ0) is 12.4. The van der Waals surface area contributed by atoms with Crippen LogP contribution in [0.15, 0.2) is 70.1 Å². The molecular formula is C15H12N2O. The Balaban J connectivity index is 2.01. The summed E-state index contributed by atoms with van der Waals surface area (Å²) in [6.07, 6.45) is 0.